The maximum atomic E-state index is 13.9. The van der Waals surface area contributed by atoms with Gasteiger partial charge < -0.3 is 18.9 Å². The number of imide groups is 1. The Kier molecular flexibility index (Phi) is 12.3. The Morgan fingerprint density at radius 3 is 2.27 bits per heavy atom. The average Bonchev–Trinajstić information content (AvgIpc) is 3.36. The van der Waals surface area contributed by atoms with Crippen molar-refractivity contribution in [3.05, 3.63) is 96.6 Å². The van der Waals surface area contributed by atoms with Gasteiger partial charge in [0, 0.05) is 6.42 Å². The molecular formula is C34H45NO6. The Hall–Kier alpha value is -3.26. The second kappa shape index (κ2) is 15.7. The number of hydrogen-bond acceptors (Lipinski definition) is 6. The zero-order valence-corrected chi connectivity index (χ0v) is 24.9. The van der Waals surface area contributed by atoms with E-state index in [0.717, 1.165) is 16.7 Å². The minimum atomic E-state index is -0.965. The van der Waals surface area contributed by atoms with Crippen molar-refractivity contribution < 1.29 is 28.5 Å². The molecule has 0 unspecified atom stereocenters. The molecule has 222 valence electrons. The van der Waals surface area contributed by atoms with Crippen LogP contribution in [-0.4, -0.2) is 54.0 Å². The van der Waals surface area contributed by atoms with Gasteiger partial charge in [-0.3, -0.25) is 4.79 Å². The van der Waals surface area contributed by atoms with Gasteiger partial charge in [-0.05, 0) is 43.7 Å². The van der Waals surface area contributed by atoms with Crippen LogP contribution in [0.15, 0.2) is 85.5 Å². The number of allylic oxidation sites excluding steroid dienone is 1. The number of hydrogen-bond donors (Lipinski definition) is 0. The van der Waals surface area contributed by atoms with Crippen LogP contribution in [0.2, 0.25) is 0 Å². The van der Waals surface area contributed by atoms with Gasteiger partial charge in [-0.25, -0.2) is 9.69 Å². The van der Waals surface area contributed by atoms with E-state index in [-0.39, 0.29) is 31.6 Å². The number of carbonyl (C=O) groups is 2. The topological polar surface area (TPSA) is 74.3 Å². The van der Waals surface area contributed by atoms with Crippen LogP contribution in [0.25, 0.3) is 0 Å². The van der Waals surface area contributed by atoms with E-state index in [1.54, 1.807) is 0 Å². The van der Waals surface area contributed by atoms with Crippen molar-refractivity contribution in [3.8, 4) is 0 Å². The second-order valence-corrected chi connectivity index (χ2v) is 11.3. The molecule has 4 atom stereocenters. The van der Waals surface area contributed by atoms with Gasteiger partial charge in [0.1, 0.15) is 18.8 Å². The summed E-state index contributed by atoms with van der Waals surface area (Å²) in [6.45, 7) is 16.8. The van der Waals surface area contributed by atoms with Gasteiger partial charge >= 0.3 is 6.09 Å². The molecule has 0 saturated carbocycles. The SMILES string of the molecule is C=CCC[C@@](C)(OCc1ccccc1)[C@@H](COCc1ccccc1)O[C@H](CC(=C)C)C(=O)N1C(=O)OC[C@@H]1C(C)C. The molecule has 1 fully saturated rings. The highest BCUT2D eigenvalue weighted by Crippen LogP contribution is 2.31. The van der Waals surface area contributed by atoms with Crippen molar-refractivity contribution in [1.82, 2.24) is 4.90 Å². The summed E-state index contributed by atoms with van der Waals surface area (Å²) in [6, 6.07) is 19.4. The van der Waals surface area contributed by atoms with Gasteiger partial charge in [0.2, 0.25) is 0 Å². The maximum Gasteiger partial charge on any atom is 0.417 e. The molecule has 0 aliphatic carbocycles. The van der Waals surface area contributed by atoms with Crippen LogP contribution in [0.4, 0.5) is 4.79 Å². The van der Waals surface area contributed by atoms with Gasteiger partial charge in [0.05, 0.1) is 31.5 Å². The standard InChI is InChI=1S/C34H45NO6/c1-7-8-19-34(6,40-22-28-17-13-10-14-18-28)31(24-38-21-27-15-11-9-12-16-27)41-30(20-25(2)3)32(36)35-29(26(4)5)23-39-33(35)37/h7,9-18,26,29-31H,1-2,8,19-24H2,3-6H3/t29-,30-,31-,34-/m1/s1. The summed E-state index contributed by atoms with van der Waals surface area (Å²) in [7, 11) is 0. The van der Waals surface area contributed by atoms with E-state index in [9.17, 15) is 9.59 Å². The molecule has 3 rings (SSSR count). The lowest BCUT2D eigenvalue weighted by Crippen LogP contribution is -2.53. The first-order valence-corrected chi connectivity index (χ1v) is 14.3. The van der Waals surface area contributed by atoms with Gasteiger partial charge in [-0.2, -0.15) is 0 Å². The number of ether oxygens (including phenoxy) is 4. The third kappa shape index (κ3) is 9.38. The van der Waals surface area contributed by atoms with E-state index >= 15 is 0 Å². The highest BCUT2D eigenvalue weighted by Gasteiger charge is 2.45. The average molecular weight is 564 g/mol. The molecule has 2 aromatic rings. The van der Waals surface area contributed by atoms with Crippen LogP contribution in [-0.2, 0) is 37.0 Å². The van der Waals surface area contributed by atoms with E-state index in [1.807, 2.05) is 94.4 Å². The lowest BCUT2D eigenvalue weighted by molar-refractivity contribution is -0.191. The third-order valence-corrected chi connectivity index (χ3v) is 7.37. The lowest BCUT2D eigenvalue weighted by atomic mass is 9.92. The van der Waals surface area contributed by atoms with Crippen LogP contribution in [0.5, 0.6) is 0 Å². The van der Waals surface area contributed by atoms with E-state index in [0.29, 0.717) is 26.1 Å². The maximum absolute atomic E-state index is 13.9. The van der Waals surface area contributed by atoms with E-state index in [4.69, 9.17) is 18.9 Å². The van der Waals surface area contributed by atoms with Gasteiger partial charge in [0.25, 0.3) is 5.91 Å². The second-order valence-electron chi connectivity index (χ2n) is 11.3. The lowest BCUT2D eigenvalue weighted by Gasteiger charge is -2.40. The molecule has 41 heavy (non-hydrogen) atoms. The molecule has 0 spiro atoms. The number of cyclic esters (lactones) is 1. The van der Waals surface area contributed by atoms with Crippen molar-refractivity contribution in [1.29, 1.82) is 0 Å². The molecule has 1 aliphatic heterocycles. The Morgan fingerprint density at radius 1 is 1.10 bits per heavy atom. The van der Waals surface area contributed by atoms with Crippen molar-refractivity contribution in [3.63, 3.8) is 0 Å². The summed E-state index contributed by atoms with van der Waals surface area (Å²) < 4.78 is 24.7. The zero-order chi connectivity index (χ0) is 29.8. The Labute approximate surface area is 245 Å². The number of amides is 2. The van der Waals surface area contributed by atoms with E-state index < -0.39 is 29.8 Å². The fourth-order valence-electron chi connectivity index (χ4n) is 4.80. The van der Waals surface area contributed by atoms with Crippen molar-refractivity contribution in [2.24, 2.45) is 5.92 Å². The van der Waals surface area contributed by atoms with Crippen LogP contribution in [0.1, 0.15) is 58.1 Å². The van der Waals surface area contributed by atoms with Crippen LogP contribution in [0, 0.1) is 5.92 Å². The first-order valence-electron chi connectivity index (χ1n) is 14.3. The van der Waals surface area contributed by atoms with E-state index in [2.05, 4.69) is 13.2 Å². The normalized spacial score (nSPS) is 18.0. The smallest absolute Gasteiger partial charge is 0.417 e. The molecule has 1 heterocycles. The number of rotatable bonds is 17. The Bertz CT molecular complexity index is 1130. The van der Waals surface area contributed by atoms with Gasteiger partial charge in [0.15, 0.2) is 0 Å². The minimum absolute atomic E-state index is 0.0351. The summed E-state index contributed by atoms with van der Waals surface area (Å²) in [5, 5.41) is 0. The molecule has 0 radical (unpaired) electrons. The van der Waals surface area contributed by atoms with Crippen LogP contribution >= 0.6 is 0 Å². The molecule has 7 heteroatoms. The fraction of sp³-hybridized carbons (Fsp3) is 0.471. The Morgan fingerprint density at radius 2 is 1.71 bits per heavy atom. The van der Waals surface area contributed by atoms with Crippen LogP contribution in [0.3, 0.4) is 0 Å². The molecule has 1 saturated heterocycles. The molecule has 0 aromatic heterocycles. The summed E-state index contributed by atoms with van der Waals surface area (Å²) >= 11 is 0. The van der Waals surface area contributed by atoms with E-state index in [1.165, 1.54) is 4.90 Å². The first-order chi connectivity index (χ1) is 19.6. The molecule has 7 nitrogen and oxygen atoms in total. The van der Waals surface area contributed by atoms with Gasteiger partial charge in [-0.1, -0.05) is 86.2 Å². The quantitative estimate of drug-likeness (QED) is 0.196. The molecular weight excluding hydrogens is 518 g/mol. The monoisotopic (exact) mass is 563 g/mol. The van der Waals surface area contributed by atoms with Gasteiger partial charge in [-0.15, -0.1) is 13.2 Å². The molecule has 2 amide bonds. The Balaban J connectivity index is 1.91. The fourth-order valence-corrected chi connectivity index (χ4v) is 4.80. The summed E-state index contributed by atoms with van der Waals surface area (Å²) in [5.74, 6) is -0.399. The predicted octanol–water partition coefficient (Wildman–Crippen LogP) is 6.87. The number of carbonyl (C=O) groups excluding carboxylic acids is 2. The number of benzene rings is 2. The summed E-state index contributed by atoms with van der Waals surface area (Å²) in [4.78, 5) is 27.8. The van der Waals surface area contributed by atoms with Crippen molar-refractivity contribution >= 4 is 12.0 Å². The first kappa shape index (κ1) is 32.3. The van der Waals surface area contributed by atoms with Crippen molar-refractivity contribution in [2.45, 2.75) is 84.0 Å². The van der Waals surface area contributed by atoms with Crippen LogP contribution < -0.4 is 0 Å². The zero-order valence-electron chi connectivity index (χ0n) is 24.9. The molecule has 0 N–H and O–H groups in total. The summed E-state index contributed by atoms with van der Waals surface area (Å²) in [6.07, 6.45) is 1.12. The third-order valence-electron chi connectivity index (χ3n) is 7.37. The number of nitrogens with zero attached hydrogens (tertiary/aromatic N) is 1. The molecule has 2 aromatic carbocycles. The van der Waals surface area contributed by atoms with Crippen molar-refractivity contribution in [2.75, 3.05) is 13.2 Å². The molecule has 1 aliphatic rings. The predicted molar refractivity (Wildman–Crippen MR) is 160 cm³/mol. The largest absolute Gasteiger partial charge is 0.447 e. The minimum Gasteiger partial charge on any atom is -0.447 e. The highest BCUT2D eigenvalue weighted by molar-refractivity contribution is 5.96. The highest BCUT2D eigenvalue weighted by atomic mass is 16.6. The molecule has 0 bridgehead atoms. The summed E-state index contributed by atoms with van der Waals surface area (Å²) in [5.41, 5.74) is 1.98.